The molecule has 0 amide bonds. The van der Waals surface area contributed by atoms with Crippen molar-refractivity contribution in [1.82, 2.24) is 5.32 Å². The molecule has 1 aromatic rings. The van der Waals surface area contributed by atoms with E-state index in [0.29, 0.717) is 0 Å². The minimum absolute atomic E-state index is 0.803. The highest BCUT2D eigenvalue weighted by atomic mass is 15.2. The van der Waals surface area contributed by atoms with E-state index in [0.717, 1.165) is 24.5 Å². The van der Waals surface area contributed by atoms with Gasteiger partial charge in [-0.1, -0.05) is 12.1 Å². The Morgan fingerprint density at radius 2 is 1.68 bits per heavy atom. The van der Waals surface area contributed by atoms with Gasteiger partial charge in [-0.3, -0.25) is 0 Å². The molecule has 0 aromatic heterocycles. The van der Waals surface area contributed by atoms with E-state index in [1.807, 2.05) is 0 Å². The van der Waals surface area contributed by atoms with E-state index in [9.17, 15) is 0 Å². The van der Waals surface area contributed by atoms with Crippen molar-refractivity contribution in [3.63, 3.8) is 0 Å². The zero-order valence-electron chi connectivity index (χ0n) is 11.6. The lowest BCUT2D eigenvalue weighted by Crippen LogP contribution is -2.28. The summed E-state index contributed by atoms with van der Waals surface area (Å²) in [5.74, 6) is 0.983. The molecule has 0 bridgehead atoms. The number of nitrogens with zero attached hydrogens (tertiary/aromatic N) is 1. The summed E-state index contributed by atoms with van der Waals surface area (Å²) in [6, 6.07) is 10.9. The predicted octanol–water partition coefficient (Wildman–Crippen LogP) is 3.32. The molecule has 2 nitrogen and oxygen atoms in total. The van der Waals surface area contributed by atoms with E-state index < -0.39 is 0 Å². The van der Waals surface area contributed by atoms with Gasteiger partial charge < -0.3 is 10.2 Å². The third kappa shape index (κ3) is 3.11. The molecule has 2 heteroatoms. The zero-order valence-corrected chi connectivity index (χ0v) is 11.6. The second-order valence-electron chi connectivity index (χ2n) is 6.65. The van der Waals surface area contributed by atoms with Gasteiger partial charge in [-0.05, 0) is 62.1 Å². The number of nitrogens with one attached hydrogen (secondary N) is 1. The second kappa shape index (κ2) is 4.82. The minimum atomic E-state index is 0.803. The monoisotopic (exact) mass is 256 g/mol. The predicted molar refractivity (Wildman–Crippen MR) is 79.4 cm³/mol. The zero-order chi connectivity index (χ0) is 12.7. The van der Waals surface area contributed by atoms with Crippen molar-refractivity contribution in [2.45, 2.75) is 57.2 Å². The van der Waals surface area contributed by atoms with Crippen LogP contribution >= 0.6 is 0 Å². The van der Waals surface area contributed by atoms with Crippen molar-refractivity contribution in [2.24, 2.45) is 5.92 Å². The highest BCUT2D eigenvalue weighted by Crippen LogP contribution is 2.37. The van der Waals surface area contributed by atoms with E-state index >= 15 is 0 Å². The van der Waals surface area contributed by atoms with Crippen LogP contribution in [0, 0.1) is 5.92 Å². The Labute approximate surface area is 116 Å². The van der Waals surface area contributed by atoms with Gasteiger partial charge in [0.2, 0.25) is 0 Å². The Morgan fingerprint density at radius 3 is 2.26 bits per heavy atom. The van der Waals surface area contributed by atoms with Crippen LogP contribution in [-0.4, -0.2) is 18.6 Å². The summed E-state index contributed by atoms with van der Waals surface area (Å²) in [5.41, 5.74) is 2.88. The average molecular weight is 256 g/mol. The molecule has 3 saturated carbocycles. The van der Waals surface area contributed by atoms with Crippen LogP contribution in [0.1, 0.15) is 44.1 Å². The van der Waals surface area contributed by atoms with E-state index in [1.54, 1.807) is 0 Å². The second-order valence-corrected chi connectivity index (χ2v) is 6.65. The van der Waals surface area contributed by atoms with Gasteiger partial charge >= 0.3 is 0 Å². The largest absolute Gasteiger partial charge is 0.368 e. The summed E-state index contributed by atoms with van der Waals surface area (Å²) in [5, 5.41) is 3.59. The molecule has 0 heterocycles. The SMILES string of the molecule is c1cc(N(CC2CC2)C2CC2)ccc1CNC1CC1. The first-order valence-electron chi connectivity index (χ1n) is 7.97. The molecule has 4 rings (SSSR count). The normalized spacial score (nSPS) is 22.5. The van der Waals surface area contributed by atoms with Crippen LogP contribution in [0.25, 0.3) is 0 Å². The van der Waals surface area contributed by atoms with Gasteiger partial charge in [0.25, 0.3) is 0 Å². The van der Waals surface area contributed by atoms with Crippen molar-refractivity contribution in [3.8, 4) is 0 Å². The number of anilines is 1. The lowest BCUT2D eigenvalue weighted by molar-refractivity contribution is 0.687. The van der Waals surface area contributed by atoms with Crippen LogP contribution in [0.15, 0.2) is 24.3 Å². The molecule has 1 aromatic carbocycles. The Kier molecular flexibility index (Phi) is 2.99. The Balaban J connectivity index is 1.40. The van der Waals surface area contributed by atoms with E-state index in [1.165, 1.54) is 56.3 Å². The molecule has 0 unspecified atom stereocenters. The molecule has 0 saturated heterocycles. The van der Waals surface area contributed by atoms with Crippen molar-refractivity contribution in [2.75, 3.05) is 11.4 Å². The van der Waals surface area contributed by atoms with Crippen molar-refractivity contribution >= 4 is 5.69 Å². The Bertz CT molecular complexity index is 427. The smallest absolute Gasteiger partial charge is 0.0368 e. The van der Waals surface area contributed by atoms with Crippen LogP contribution in [0.4, 0.5) is 5.69 Å². The highest BCUT2D eigenvalue weighted by Gasteiger charge is 2.33. The van der Waals surface area contributed by atoms with E-state index in [-0.39, 0.29) is 0 Å². The van der Waals surface area contributed by atoms with Gasteiger partial charge in [0.05, 0.1) is 0 Å². The van der Waals surface area contributed by atoms with Crippen LogP contribution in [0.2, 0.25) is 0 Å². The van der Waals surface area contributed by atoms with Crippen molar-refractivity contribution < 1.29 is 0 Å². The quantitative estimate of drug-likeness (QED) is 0.805. The van der Waals surface area contributed by atoms with E-state index in [4.69, 9.17) is 0 Å². The summed E-state index contributed by atoms with van der Waals surface area (Å²) in [6.07, 6.45) is 8.44. The van der Waals surface area contributed by atoms with Crippen LogP contribution in [0.3, 0.4) is 0 Å². The standard InChI is InChI=1S/C17H24N2/c1-2-14(1)12-19(17-9-10-17)16-7-3-13(4-8-16)11-18-15-5-6-15/h3-4,7-8,14-15,17-18H,1-2,5-6,9-12H2. The summed E-state index contributed by atoms with van der Waals surface area (Å²) < 4.78 is 0. The highest BCUT2D eigenvalue weighted by molar-refractivity contribution is 5.50. The fourth-order valence-corrected chi connectivity index (χ4v) is 2.79. The van der Waals surface area contributed by atoms with Crippen molar-refractivity contribution in [3.05, 3.63) is 29.8 Å². The van der Waals surface area contributed by atoms with Gasteiger partial charge in [-0.25, -0.2) is 0 Å². The first-order valence-corrected chi connectivity index (χ1v) is 7.97. The molecule has 0 atom stereocenters. The summed E-state index contributed by atoms with van der Waals surface area (Å²) in [7, 11) is 0. The molecule has 3 aliphatic rings. The molecule has 19 heavy (non-hydrogen) atoms. The first kappa shape index (κ1) is 11.8. The molecule has 102 valence electrons. The number of rotatable bonds is 7. The summed E-state index contributed by atoms with van der Waals surface area (Å²) >= 11 is 0. The molecule has 0 radical (unpaired) electrons. The maximum absolute atomic E-state index is 3.59. The maximum Gasteiger partial charge on any atom is 0.0368 e. The van der Waals surface area contributed by atoms with Crippen LogP contribution < -0.4 is 10.2 Å². The fraction of sp³-hybridized carbons (Fsp3) is 0.647. The van der Waals surface area contributed by atoms with Crippen LogP contribution in [-0.2, 0) is 6.54 Å². The minimum Gasteiger partial charge on any atom is -0.368 e. The number of benzene rings is 1. The molecular weight excluding hydrogens is 232 g/mol. The van der Waals surface area contributed by atoms with Gasteiger partial charge in [-0.2, -0.15) is 0 Å². The molecular formula is C17H24N2. The maximum atomic E-state index is 3.59. The molecule has 3 fully saturated rings. The fourth-order valence-electron chi connectivity index (χ4n) is 2.79. The molecule has 0 aliphatic heterocycles. The van der Waals surface area contributed by atoms with Gasteiger partial charge in [-0.15, -0.1) is 0 Å². The van der Waals surface area contributed by atoms with Crippen LogP contribution in [0.5, 0.6) is 0 Å². The Hall–Kier alpha value is -1.02. The molecule has 1 N–H and O–H groups in total. The number of hydrogen-bond donors (Lipinski definition) is 1. The van der Waals surface area contributed by atoms with Gasteiger partial charge in [0.1, 0.15) is 0 Å². The lowest BCUT2D eigenvalue weighted by Gasteiger charge is -2.25. The number of hydrogen-bond acceptors (Lipinski definition) is 2. The molecule has 3 aliphatic carbocycles. The topological polar surface area (TPSA) is 15.3 Å². The third-order valence-corrected chi connectivity index (χ3v) is 4.58. The van der Waals surface area contributed by atoms with E-state index in [2.05, 4.69) is 34.5 Å². The third-order valence-electron chi connectivity index (χ3n) is 4.58. The average Bonchev–Trinajstić information content (AvgIpc) is 3.29. The summed E-state index contributed by atoms with van der Waals surface area (Å²) in [4.78, 5) is 2.66. The molecule has 0 spiro atoms. The Morgan fingerprint density at radius 1 is 0.947 bits per heavy atom. The van der Waals surface area contributed by atoms with Gasteiger partial charge in [0.15, 0.2) is 0 Å². The summed E-state index contributed by atoms with van der Waals surface area (Å²) in [6.45, 7) is 2.33. The van der Waals surface area contributed by atoms with Gasteiger partial charge in [0, 0.05) is 30.9 Å². The first-order chi connectivity index (χ1) is 9.38. The van der Waals surface area contributed by atoms with Crippen molar-refractivity contribution in [1.29, 1.82) is 0 Å². The lowest BCUT2D eigenvalue weighted by atomic mass is 10.2.